The molecule has 0 saturated heterocycles. The maximum Gasteiger partial charge on any atom is 0.305 e. The van der Waals surface area contributed by atoms with Gasteiger partial charge >= 0.3 is 5.97 Å². The first-order valence-corrected chi connectivity index (χ1v) is 5.55. The molecule has 2 nitrogen and oxygen atoms in total. The zero-order chi connectivity index (χ0) is 10.9. The van der Waals surface area contributed by atoms with E-state index in [1.807, 2.05) is 0 Å². The van der Waals surface area contributed by atoms with Gasteiger partial charge in [0.15, 0.2) is 0 Å². The molecule has 0 N–H and O–H groups in total. The minimum Gasteiger partial charge on any atom is -0.469 e. The number of esters is 1. The minimum atomic E-state index is -0.144. The lowest BCUT2D eigenvalue weighted by atomic mass is 9.96. The van der Waals surface area contributed by atoms with Crippen LogP contribution in [-0.4, -0.2) is 13.1 Å². The van der Waals surface area contributed by atoms with Gasteiger partial charge in [0, 0.05) is 18.8 Å². The molecule has 0 aliphatic heterocycles. The lowest BCUT2D eigenvalue weighted by molar-refractivity contribution is -0.140. The van der Waals surface area contributed by atoms with E-state index in [0.717, 1.165) is 12.8 Å². The lowest BCUT2D eigenvalue weighted by Crippen LogP contribution is -1.99. The van der Waals surface area contributed by atoms with Crippen molar-refractivity contribution >= 4 is 5.97 Å². The Kier molecular flexibility index (Phi) is 5.62. The smallest absolute Gasteiger partial charge is 0.305 e. The van der Waals surface area contributed by atoms with Gasteiger partial charge in [0.25, 0.3) is 0 Å². The van der Waals surface area contributed by atoms with Gasteiger partial charge in [0.1, 0.15) is 0 Å². The molecule has 0 amide bonds. The fourth-order valence-corrected chi connectivity index (χ4v) is 1.56. The van der Waals surface area contributed by atoms with Gasteiger partial charge in [-0.3, -0.25) is 4.79 Å². The third-order valence-electron chi connectivity index (χ3n) is 2.45. The standard InChI is InChI=1S/C13H18O2/c1-15-13(14)11-7-3-6-10-12-8-4-2-5-9-12/h4,8,12H,2-3,5,7,9,11H2,1H3/t12-/m0/s1. The summed E-state index contributed by atoms with van der Waals surface area (Å²) in [6.07, 6.45) is 10.1. The number of unbranched alkanes of at least 4 members (excludes halogenated alkanes) is 1. The van der Waals surface area contributed by atoms with Crippen LogP contribution in [0.3, 0.4) is 0 Å². The molecule has 1 aliphatic carbocycles. The second kappa shape index (κ2) is 7.11. The second-order valence-corrected chi connectivity index (χ2v) is 3.72. The first-order valence-electron chi connectivity index (χ1n) is 5.55. The lowest BCUT2D eigenvalue weighted by Gasteiger charge is -2.08. The Hall–Kier alpha value is -1.23. The number of methoxy groups -OCH3 is 1. The highest BCUT2D eigenvalue weighted by Gasteiger charge is 2.03. The molecule has 0 saturated carbocycles. The van der Waals surface area contributed by atoms with Crippen molar-refractivity contribution in [2.24, 2.45) is 5.92 Å². The molecule has 0 heterocycles. The van der Waals surface area contributed by atoms with Crippen molar-refractivity contribution in [2.75, 3.05) is 7.11 Å². The first-order chi connectivity index (χ1) is 7.33. The Bertz CT molecular complexity index is 281. The van der Waals surface area contributed by atoms with Crippen LogP contribution in [0.5, 0.6) is 0 Å². The monoisotopic (exact) mass is 206 g/mol. The number of rotatable bonds is 3. The molecule has 82 valence electrons. The van der Waals surface area contributed by atoms with Crippen molar-refractivity contribution in [1.82, 2.24) is 0 Å². The average Bonchev–Trinajstić information content (AvgIpc) is 2.29. The molecule has 0 aromatic heterocycles. The van der Waals surface area contributed by atoms with Gasteiger partial charge in [0.05, 0.1) is 7.11 Å². The zero-order valence-corrected chi connectivity index (χ0v) is 9.29. The molecule has 0 bridgehead atoms. The van der Waals surface area contributed by atoms with E-state index in [1.165, 1.54) is 26.4 Å². The number of carbonyl (C=O) groups excluding carboxylic acids is 1. The van der Waals surface area contributed by atoms with Crippen molar-refractivity contribution < 1.29 is 9.53 Å². The highest BCUT2D eigenvalue weighted by atomic mass is 16.5. The maximum atomic E-state index is 10.8. The van der Waals surface area contributed by atoms with Gasteiger partial charge < -0.3 is 4.74 Å². The molecule has 1 rings (SSSR count). The molecule has 1 atom stereocenters. The predicted molar refractivity (Wildman–Crippen MR) is 60.1 cm³/mol. The SMILES string of the molecule is COC(=O)CCCC#C[C@H]1C=CCCC1. The van der Waals surface area contributed by atoms with Gasteiger partial charge in [-0.15, -0.1) is 5.92 Å². The van der Waals surface area contributed by atoms with E-state index in [0.29, 0.717) is 12.3 Å². The van der Waals surface area contributed by atoms with E-state index in [1.54, 1.807) is 0 Å². The molecule has 15 heavy (non-hydrogen) atoms. The third kappa shape index (κ3) is 5.27. The summed E-state index contributed by atoms with van der Waals surface area (Å²) in [6, 6.07) is 0. The summed E-state index contributed by atoms with van der Waals surface area (Å²) in [6.45, 7) is 0. The zero-order valence-electron chi connectivity index (χ0n) is 9.29. The fourth-order valence-electron chi connectivity index (χ4n) is 1.56. The van der Waals surface area contributed by atoms with Crippen LogP contribution in [0.4, 0.5) is 0 Å². The summed E-state index contributed by atoms with van der Waals surface area (Å²) in [5, 5.41) is 0. The summed E-state index contributed by atoms with van der Waals surface area (Å²) in [5.41, 5.74) is 0. The predicted octanol–water partition coefficient (Wildman–Crippen LogP) is 2.69. The van der Waals surface area contributed by atoms with Crippen molar-refractivity contribution in [2.45, 2.75) is 38.5 Å². The van der Waals surface area contributed by atoms with Crippen LogP contribution in [0.25, 0.3) is 0 Å². The Morgan fingerprint density at radius 2 is 2.47 bits per heavy atom. The summed E-state index contributed by atoms with van der Waals surface area (Å²) in [5.74, 6) is 6.65. The van der Waals surface area contributed by atoms with Crippen LogP contribution in [0, 0.1) is 17.8 Å². The summed E-state index contributed by atoms with van der Waals surface area (Å²) < 4.78 is 4.55. The first kappa shape index (κ1) is 11.8. The highest BCUT2D eigenvalue weighted by Crippen LogP contribution is 2.15. The molecule has 0 aromatic carbocycles. The Balaban J connectivity index is 2.13. The van der Waals surface area contributed by atoms with Crippen LogP contribution in [0.2, 0.25) is 0 Å². The number of allylic oxidation sites excluding steroid dienone is 2. The normalized spacial score (nSPS) is 19.1. The molecule has 1 aliphatic rings. The topological polar surface area (TPSA) is 26.3 Å². The fraction of sp³-hybridized carbons (Fsp3) is 0.615. The van der Waals surface area contributed by atoms with Gasteiger partial charge in [-0.25, -0.2) is 0 Å². The van der Waals surface area contributed by atoms with Crippen LogP contribution in [-0.2, 0) is 9.53 Å². The Morgan fingerprint density at radius 1 is 1.60 bits per heavy atom. The third-order valence-corrected chi connectivity index (χ3v) is 2.45. The second-order valence-electron chi connectivity index (χ2n) is 3.72. The van der Waals surface area contributed by atoms with Crippen molar-refractivity contribution in [3.63, 3.8) is 0 Å². The largest absolute Gasteiger partial charge is 0.469 e. The van der Waals surface area contributed by atoms with E-state index in [9.17, 15) is 4.79 Å². The Morgan fingerprint density at radius 3 is 3.13 bits per heavy atom. The minimum absolute atomic E-state index is 0.144. The van der Waals surface area contributed by atoms with Crippen LogP contribution in [0.15, 0.2) is 12.2 Å². The van der Waals surface area contributed by atoms with Gasteiger partial charge in [-0.05, 0) is 25.7 Å². The quantitative estimate of drug-likeness (QED) is 0.307. The highest BCUT2D eigenvalue weighted by molar-refractivity contribution is 5.69. The van der Waals surface area contributed by atoms with Crippen molar-refractivity contribution in [1.29, 1.82) is 0 Å². The molecule has 0 radical (unpaired) electrons. The number of ether oxygens (including phenoxy) is 1. The number of carbonyl (C=O) groups is 1. The molecule has 0 unspecified atom stereocenters. The molecular weight excluding hydrogens is 188 g/mol. The van der Waals surface area contributed by atoms with Crippen LogP contribution >= 0.6 is 0 Å². The molecular formula is C13H18O2. The van der Waals surface area contributed by atoms with E-state index in [4.69, 9.17) is 0 Å². The van der Waals surface area contributed by atoms with Crippen LogP contribution < -0.4 is 0 Å². The summed E-state index contributed by atoms with van der Waals surface area (Å²) in [4.78, 5) is 10.8. The van der Waals surface area contributed by atoms with E-state index >= 15 is 0 Å². The molecule has 2 heteroatoms. The van der Waals surface area contributed by atoms with E-state index in [2.05, 4.69) is 28.7 Å². The summed E-state index contributed by atoms with van der Waals surface area (Å²) >= 11 is 0. The molecule has 0 spiro atoms. The van der Waals surface area contributed by atoms with Gasteiger partial charge in [0.2, 0.25) is 0 Å². The van der Waals surface area contributed by atoms with Gasteiger partial charge in [-0.2, -0.15) is 0 Å². The van der Waals surface area contributed by atoms with Crippen LogP contribution in [0.1, 0.15) is 38.5 Å². The number of hydrogen-bond acceptors (Lipinski definition) is 2. The molecule has 0 fully saturated rings. The average molecular weight is 206 g/mol. The van der Waals surface area contributed by atoms with Crippen molar-refractivity contribution in [3.05, 3.63) is 12.2 Å². The Labute approximate surface area is 91.7 Å². The summed E-state index contributed by atoms with van der Waals surface area (Å²) in [7, 11) is 1.42. The van der Waals surface area contributed by atoms with Gasteiger partial charge in [-0.1, -0.05) is 18.1 Å². The van der Waals surface area contributed by atoms with E-state index < -0.39 is 0 Å². The maximum absolute atomic E-state index is 10.8. The number of hydrogen-bond donors (Lipinski definition) is 0. The molecule has 0 aromatic rings. The van der Waals surface area contributed by atoms with E-state index in [-0.39, 0.29) is 5.97 Å². The van der Waals surface area contributed by atoms with Crippen molar-refractivity contribution in [3.8, 4) is 11.8 Å².